The van der Waals surface area contributed by atoms with Crippen LogP contribution in [0.4, 0.5) is 0 Å². The molecule has 0 heterocycles. The van der Waals surface area contributed by atoms with Gasteiger partial charge < -0.3 is 75.5 Å². The van der Waals surface area contributed by atoms with E-state index in [0.29, 0.717) is 107 Å². The van der Waals surface area contributed by atoms with Gasteiger partial charge in [-0.25, -0.2) is 0 Å². The topological polar surface area (TPSA) is 314 Å². The molecule has 4 aromatic rings. The molecular weight excluding hydrogens is 1190 g/mol. The van der Waals surface area contributed by atoms with E-state index in [1.807, 2.05) is 95.0 Å². The number of carboxylic acid groups (broad SMARTS) is 2. The van der Waals surface area contributed by atoms with Crippen molar-refractivity contribution < 1.29 is 94.6 Å². The molecule has 0 aliphatic rings. The molecule has 0 aliphatic carbocycles. The number of nitrogens with two attached hydrogens (primary N) is 3. The number of rotatable bonds is 41. The molecule has 1 atom stereocenters. The van der Waals surface area contributed by atoms with Gasteiger partial charge in [-0.05, 0) is 118 Å². The van der Waals surface area contributed by atoms with E-state index >= 15 is 0 Å². The first-order valence-electron chi connectivity index (χ1n) is 29.4. The summed E-state index contributed by atoms with van der Waals surface area (Å²) in [7, 11) is 4.73. The first kappa shape index (κ1) is 83.0. The number of para-hydroxylation sites is 4. The van der Waals surface area contributed by atoms with E-state index in [9.17, 15) is 39.6 Å². The molecule has 4 rings (SSSR count). The average Bonchev–Trinajstić information content (AvgIpc) is 3.63. The largest absolute Gasteiger partial charge is 2.00 e. The van der Waals surface area contributed by atoms with Crippen molar-refractivity contribution in [1.29, 1.82) is 0 Å². The molecule has 24 heteroatoms. The fourth-order valence-electron chi connectivity index (χ4n) is 9.10. The molecule has 0 aromatic heterocycles. The van der Waals surface area contributed by atoms with Crippen LogP contribution in [0, 0.1) is 0 Å². The van der Waals surface area contributed by atoms with E-state index in [1.165, 1.54) is 19.2 Å². The van der Waals surface area contributed by atoms with Crippen molar-refractivity contribution in [3.8, 4) is 23.0 Å². The van der Waals surface area contributed by atoms with Gasteiger partial charge in [0.2, 0.25) is 0 Å². The summed E-state index contributed by atoms with van der Waals surface area (Å²) in [6, 6.07) is 28.5. The third-order valence-electron chi connectivity index (χ3n) is 12.8. The van der Waals surface area contributed by atoms with Crippen molar-refractivity contribution in [2.45, 2.75) is 137 Å². The first-order valence-corrected chi connectivity index (χ1v) is 29.4. The third kappa shape index (κ3) is 36.5. The Labute approximate surface area is 539 Å². The minimum atomic E-state index is -1.07. The molecule has 23 nitrogen and oxygen atoms in total. The number of nitrogens with zero attached hydrogens (tertiary/aromatic N) is 4. The van der Waals surface area contributed by atoms with Gasteiger partial charge in [-0.3, -0.25) is 38.8 Å². The van der Waals surface area contributed by atoms with Crippen LogP contribution in [0.3, 0.4) is 0 Å². The number of ether oxygens (including phenoxy) is 8. The summed E-state index contributed by atoms with van der Waals surface area (Å²) < 4.78 is 44.9. The number of carbonyl (C=O) groups is 4. The van der Waals surface area contributed by atoms with Crippen LogP contribution in [0.15, 0.2) is 97.1 Å². The normalized spacial score (nSPS) is 11.7. The molecule has 4 aromatic carbocycles. The molecule has 10 N–H and O–H groups in total. The zero-order valence-corrected chi connectivity index (χ0v) is 54.3. The molecule has 0 unspecified atom stereocenters. The number of benzene rings is 4. The summed E-state index contributed by atoms with van der Waals surface area (Å²) >= 11 is 0. The molecule has 502 valence electrons. The maximum Gasteiger partial charge on any atom is 2.00 e. The van der Waals surface area contributed by atoms with E-state index in [2.05, 4.69) is 10.6 Å². The monoisotopic (exact) mass is 1300 g/mol. The summed E-state index contributed by atoms with van der Waals surface area (Å²) in [6.45, 7) is 14.7. The standard InChI is InChI=1S/C40H65N3O10.C23H31N3O6.CH5N.CH4.Fe/c1-39(2,3)52-37(44)28-42(25-32-15-9-11-18-35(32)50-30-48-23-21-46-7)27-34(17-13-14-20-41)43(29-38(45)53-40(4,5)6)26-33-16-10-12-19-36(33)51-31-49-24-22-47-8;24-12-6-5-11-21(25(15-22(29)30)13-17-7-1-3-9-19(17)27)26(16-23(31)32)14-18-8-2-4-10-20(18)28;1-2;;/h9-12,15-16,18-19,34H,13-14,17,20-31,41H2,1-8H3;1-4,7-10,21,27-28H,5-6,11-16,24H2,(H,29,30)(H,31,32);2H2,1H3;1H4;/q;;;;+2/t34-;;;;/m0..../s1. The molecule has 0 saturated heterocycles. The Hall–Kier alpha value is -5.96. The van der Waals surface area contributed by atoms with Crippen molar-refractivity contribution in [3.63, 3.8) is 0 Å². The van der Waals surface area contributed by atoms with Crippen LogP contribution in [0.1, 0.15) is 110 Å². The van der Waals surface area contributed by atoms with Crippen molar-refractivity contribution in [2.24, 2.45) is 17.2 Å². The molecule has 0 saturated carbocycles. The van der Waals surface area contributed by atoms with Gasteiger partial charge >= 0.3 is 40.9 Å². The molecule has 89 heavy (non-hydrogen) atoms. The van der Waals surface area contributed by atoms with Gasteiger partial charge in [-0.2, -0.15) is 0 Å². The predicted octanol–water partition coefficient (Wildman–Crippen LogP) is 7.41. The number of aromatic hydroxyl groups is 2. The Balaban J connectivity index is 0.00000184. The van der Waals surface area contributed by atoms with E-state index in [1.54, 1.807) is 60.4 Å². The molecule has 0 fully saturated rings. The Bertz CT molecular complexity index is 2490. The van der Waals surface area contributed by atoms with Crippen LogP contribution in [-0.4, -0.2) is 194 Å². The van der Waals surface area contributed by atoms with Crippen LogP contribution in [0.25, 0.3) is 0 Å². The van der Waals surface area contributed by atoms with Gasteiger partial charge in [-0.15, -0.1) is 0 Å². The quantitative estimate of drug-likeness (QED) is 0.00984. The molecule has 0 amide bonds. The van der Waals surface area contributed by atoms with E-state index in [0.717, 1.165) is 24.0 Å². The Morgan fingerprint density at radius 3 is 1.29 bits per heavy atom. The number of phenols is 2. The fraction of sp³-hybridized carbons (Fsp3) is 0.569. The van der Waals surface area contributed by atoms with Crippen molar-refractivity contribution >= 4 is 23.9 Å². The number of hydrogen-bond donors (Lipinski definition) is 7. The smallest absolute Gasteiger partial charge is 0.508 e. The van der Waals surface area contributed by atoms with Crippen molar-refractivity contribution in [2.75, 3.05) is 107 Å². The van der Waals surface area contributed by atoms with Crippen molar-refractivity contribution in [1.82, 2.24) is 19.6 Å². The van der Waals surface area contributed by atoms with Crippen LogP contribution in [0.2, 0.25) is 0 Å². The number of carboxylic acids is 2. The molecule has 0 aliphatic heterocycles. The first-order chi connectivity index (χ1) is 41.6. The van der Waals surface area contributed by atoms with E-state index in [-0.39, 0.29) is 107 Å². The summed E-state index contributed by atoms with van der Waals surface area (Å²) in [5.74, 6) is -1.49. The Morgan fingerprint density at radius 1 is 0.506 bits per heavy atom. The Kier molecular flexibility index (Phi) is 43.9. The van der Waals surface area contributed by atoms with Crippen LogP contribution >= 0.6 is 0 Å². The average molecular weight is 1300 g/mol. The second-order valence-corrected chi connectivity index (χ2v) is 22.3. The second kappa shape index (κ2) is 47.0. The number of hydrogen-bond acceptors (Lipinski definition) is 21. The summed E-state index contributed by atoms with van der Waals surface area (Å²) in [4.78, 5) is 57.7. The van der Waals surface area contributed by atoms with Gasteiger partial charge in [0, 0.05) is 75.2 Å². The van der Waals surface area contributed by atoms with Crippen LogP contribution < -0.4 is 26.7 Å². The van der Waals surface area contributed by atoms with Crippen LogP contribution in [-0.2, 0) is 90.8 Å². The van der Waals surface area contributed by atoms with E-state index in [4.69, 9.17) is 49.4 Å². The number of aliphatic carboxylic acids is 2. The maximum absolute atomic E-state index is 13.5. The SMILES string of the molecule is C.CN.COCCOCOc1ccccc1CN(CC(=O)OC(C)(C)C)C[C@H](CCCCN)N(CC(=O)OC(C)(C)C)Cc1ccccc1OCOCCOC.NCCCCC(N(CC(=O)O)Cc1ccccc1O)N(CC(=O)O)Cc1ccccc1O.[Fe+2]. The maximum atomic E-state index is 13.5. The molecule has 0 radical (unpaired) electrons. The van der Waals surface area contributed by atoms with Gasteiger partial charge in [0.05, 0.1) is 58.8 Å². The minimum absolute atomic E-state index is 0. The predicted molar refractivity (Wildman–Crippen MR) is 339 cm³/mol. The molecule has 0 bridgehead atoms. The minimum Gasteiger partial charge on any atom is -0.508 e. The number of phenolic OH excluding ortho intramolecular Hbond substituents is 2. The third-order valence-corrected chi connectivity index (χ3v) is 12.8. The molecular formula is C65H105FeN7O16+2. The van der Waals surface area contributed by atoms with Gasteiger partial charge in [0.1, 0.15) is 34.2 Å². The summed E-state index contributed by atoms with van der Waals surface area (Å²) in [5.41, 5.74) is 17.6. The van der Waals surface area contributed by atoms with E-state index < -0.39 is 29.3 Å². The van der Waals surface area contributed by atoms with Crippen LogP contribution in [0.5, 0.6) is 23.0 Å². The van der Waals surface area contributed by atoms with Crippen molar-refractivity contribution in [3.05, 3.63) is 119 Å². The zero-order valence-electron chi connectivity index (χ0n) is 53.2. The summed E-state index contributed by atoms with van der Waals surface area (Å²) in [5, 5.41) is 39.5. The number of methoxy groups -OCH3 is 2. The van der Waals surface area contributed by atoms with Gasteiger partial charge in [0.25, 0.3) is 0 Å². The summed E-state index contributed by atoms with van der Waals surface area (Å²) in [6.07, 6.45) is 3.59. The zero-order chi connectivity index (χ0) is 64.6. The van der Waals surface area contributed by atoms with Gasteiger partial charge in [0.15, 0.2) is 13.6 Å². The number of unbranched alkanes of at least 4 members (excludes halogenated alkanes) is 2. The number of carbonyl (C=O) groups excluding carboxylic acids is 2. The molecule has 0 spiro atoms. The fourth-order valence-corrected chi connectivity index (χ4v) is 9.10. The second-order valence-electron chi connectivity index (χ2n) is 22.3. The number of esters is 2. The van der Waals surface area contributed by atoms with Gasteiger partial charge in [-0.1, -0.05) is 86.6 Å². The Morgan fingerprint density at radius 2 is 0.888 bits per heavy atom.